The molecule has 3 aliphatic carbocycles. The summed E-state index contributed by atoms with van der Waals surface area (Å²) in [5, 5.41) is 22.1. The molecule has 1 aliphatic heterocycles. The van der Waals surface area contributed by atoms with Crippen molar-refractivity contribution in [1.29, 1.82) is 0 Å². The van der Waals surface area contributed by atoms with Crippen molar-refractivity contribution in [3.63, 3.8) is 0 Å². The van der Waals surface area contributed by atoms with E-state index in [1.165, 1.54) is 0 Å². The highest BCUT2D eigenvalue weighted by atomic mass is 35.5. The molecule has 2 bridgehead atoms. The number of aliphatic hydroxyl groups is 1. The highest BCUT2D eigenvalue weighted by Gasteiger charge is 2.68. The van der Waals surface area contributed by atoms with E-state index in [0.29, 0.717) is 23.9 Å². The number of carbonyl (C=O) groups excluding carboxylic acids is 2. The molecular formula is C30H41BClNO7. The molecule has 3 saturated carbocycles. The Morgan fingerprint density at radius 1 is 1.35 bits per heavy atom. The number of ether oxygens (including phenoxy) is 2. The number of aliphatic hydroxyl groups excluding tert-OH is 1. The van der Waals surface area contributed by atoms with Gasteiger partial charge >= 0.3 is 13.1 Å². The molecule has 1 aromatic carbocycles. The summed E-state index contributed by atoms with van der Waals surface area (Å²) in [5.41, 5.74) is 6.06. The number of carbonyl (C=O) groups is 2. The third-order valence-electron chi connectivity index (χ3n) is 11.2. The van der Waals surface area contributed by atoms with Crippen LogP contribution in [0.15, 0.2) is 18.7 Å². The van der Waals surface area contributed by atoms with Crippen molar-refractivity contribution in [1.82, 2.24) is 0 Å². The maximum atomic E-state index is 13.6. The van der Waals surface area contributed by atoms with Crippen LogP contribution < -0.4 is 15.9 Å². The molecule has 0 amide bonds. The van der Waals surface area contributed by atoms with Gasteiger partial charge in [0.1, 0.15) is 17.6 Å². The smallest absolute Gasteiger partial charge is 0.480 e. The lowest BCUT2D eigenvalue weighted by atomic mass is 9.44. The fourth-order valence-electron chi connectivity index (χ4n) is 8.54. The molecule has 10 heteroatoms. The predicted molar refractivity (Wildman–Crippen MR) is 152 cm³/mol. The van der Waals surface area contributed by atoms with E-state index < -0.39 is 42.7 Å². The second kappa shape index (κ2) is 10.4. The van der Waals surface area contributed by atoms with Crippen LogP contribution in [0.5, 0.6) is 5.75 Å². The van der Waals surface area contributed by atoms with Crippen LogP contribution in [0, 0.1) is 34.0 Å². The summed E-state index contributed by atoms with van der Waals surface area (Å²) in [7, 11) is -1.19. The van der Waals surface area contributed by atoms with Gasteiger partial charge in [0.15, 0.2) is 6.61 Å². The summed E-state index contributed by atoms with van der Waals surface area (Å²) < 4.78 is 17.4. The number of hydrogen-bond donors (Lipinski definition) is 3. The van der Waals surface area contributed by atoms with Gasteiger partial charge in [0.25, 0.3) is 0 Å². The largest absolute Gasteiger partial charge is 0.493 e. The van der Waals surface area contributed by atoms with Gasteiger partial charge in [-0.3, -0.25) is 4.79 Å². The zero-order chi connectivity index (χ0) is 29.2. The van der Waals surface area contributed by atoms with E-state index in [1.807, 2.05) is 6.92 Å². The second-order valence-electron chi connectivity index (χ2n) is 13.0. The van der Waals surface area contributed by atoms with E-state index >= 15 is 0 Å². The summed E-state index contributed by atoms with van der Waals surface area (Å²) >= 11 is 6.53. The predicted octanol–water partition coefficient (Wildman–Crippen LogP) is 3.30. The zero-order valence-corrected chi connectivity index (χ0v) is 24.6. The van der Waals surface area contributed by atoms with Crippen molar-refractivity contribution in [2.24, 2.45) is 39.7 Å². The molecule has 0 aromatic heterocycles. The van der Waals surface area contributed by atoms with E-state index in [9.17, 15) is 19.7 Å². The number of hydrogen-bond acceptors (Lipinski definition) is 8. The van der Waals surface area contributed by atoms with Crippen LogP contribution in [0.3, 0.4) is 0 Å². The van der Waals surface area contributed by atoms with Crippen LogP contribution in [0.2, 0.25) is 5.02 Å². The highest BCUT2D eigenvalue weighted by molar-refractivity contribution is 6.65. The van der Waals surface area contributed by atoms with Gasteiger partial charge in [0, 0.05) is 35.2 Å². The van der Waals surface area contributed by atoms with E-state index in [2.05, 4.69) is 27.4 Å². The summed E-state index contributed by atoms with van der Waals surface area (Å²) in [5.74, 6) is -0.465. The average Bonchev–Trinajstić information content (AvgIpc) is 3.50. The number of ketones is 1. The van der Waals surface area contributed by atoms with Crippen molar-refractivity contribution in [2.45, 2.75) is 85.2 Å². The molecule has 1 heterocycles. The monoisotopic (exact) mass is 573 g/mol. The molecule has 0 spiro atoms. The standard InChI is InChI=1S/C30H41BClNO7/c1-6-28(4)12-22(29(5)16(2)7-9-30(17(3)27(28)36)10-8-20(34)26(29)30)40-23(35)15-38-21-11-18(13-33)19-14-39-31(37)24(19)25(21)32/h6,11,16-17,22,26-27,36-37H,1,7-10,12-15,33H2,2-5H3/t16-,17-,22+,26-,27-,28+,29-,30-/m0/s1. The number of halogens is 1. The number of fused-ring (bicyclic) bond motifs is 1. The number of benzene rings is 1. The minimum Gasteiger partial charge on any atom is -0.480 e. The Kier molecular flexibility index (Phi) is 7.71. The van der Waals surface area contributed by atoms with Gasteiger partial charge in [-0.15, -0.1) is 6.58 Å². The van der Waals surface area contributed by atoms with Crippen molar-refractivity contribution < 1.29 is 33.8 Å². The zero-order valence-electron chi connectivity index (χ0n) is 23.9. The Bertz CT molecular complexity index is 1230. The first-order chi connectivity index (χ1) is 18.8. The van der Waals surface area contributed by atoms with Crippen LogP contribution in [-0.4, -0.2) is 47.8 Å². The molecule has 4 N–H and O–H groups in total. The summed E-state index contributed by atoms with van der Waals surface area (Å²) in [6.07, 6.45) is 3.72. The van der Waals surface area contributed by atoms with Gasteiger partial charge in [-0.25, -0.2) is 4.79 Å². The minimum absolute atomic E-state index is 0.100. The van der Waals surface area contributed by atoms with Crippen molar-refractivity contribution in [2.75, 3.05) is 6.61 Å². The number of esters is 1. The Labute approximate surface area is 241 Å². The lowest BCUT2D eigenvalue weighted by Crippen LogP contribution is -2.63. The average molecular weight is 574 g/mol. The molecule has 0 unspecified atom stereocenters. The number of nitrogens with two attached hydrogens (primary N) is 1. The van der Waals surface area contributed by atoms with Gasteiger partial charge in [0.05, 0.1) is 17.7 Å². The quantitative estimate of drug-likeness (QED) is 0.269. The Hall–Kier alpha value is -1.91. The van der Waals surface area contributed by atoms with Crippen LogP contribution in [-0.2, 0) is 32.1 Å². The van der Waals surface area contributed by atoms with Crippen molar-refractivity contribution in [3.8, 4) is 5.75 Å². The maximum absolute atomic E-state index is 13.6. The SMILES string of the molecule is C=C[C@]1(C)C[C@@H](OC(=O)COc2cc(CN)c3c(c2Cl)B(O)OC3)[C@@]2(C)[C@@H]3C(=O)CC[C@@]3(CC[C@@H]2C)[C@@H](C)[C@@H]1O. The van der Waals surface area contributed by atoms with Gasteiger partial charge in [-0.1, -0.05) is 45.4 Å². The van der Waals surface area contributed by atoms with Crippen molar-refractivity contribution in [3.05, 3.63) is 34.9 Å². The fourth-order valence-corrected chi connectivity index (χ4v) is 8.85. The van der Waals surface area contributed by atoms with Crippen LogP contribution >= 0.6 is 11.6 Å². The van der Waals surface area contributed by atoms with E-state index in [1.54, 1.807) is 12.1 Å². The molecule has 218 valence electrons. The van der Waals surface area contributed by atoms with Crippen LogP contribution in [0.4, 0.5) is 0 Å². The second-order valence-corrected chi connectivity index (χ2v) is 13.3. The topological polar surface area (TPSA) is 128 Å². The molecule has 8 nitrogen and oxygen atoms in total. The lowest BCUT2D eigenvalue weighted by Gasteiger charge is -2.61. The minimum atomic E-state index is -1.19. The summed E-state index contributed by atoms with van der Waals surface area (Å²) in [4.78, 5) is 27.0. The molecule has 8 atom stereocenters. The third kappa shape index (κ3) is 4.27. The normalized spacial score (nSPS) is 38.8. The molecule has 0 saturated heterocycles. The van der Waals surface area contributed by atoms with Crippen molar-refractivity contribution >= 4 is 35.9 Å². The van der Waals surface area contributed by atoms with Crippen LogP contribution in [0.25, 0.3) is 0 Å². The molecule has 3 fully saturated rings. The number of Topliss-reactive ketones (excluding diaryl/α,β-unsaturated/α-hetero) is 1. The van der Waals surface area contributed by atoms with Gasteiger partial charge < -0.3 is 30.0 Å². The molecule has 1 aromatic rings. The number of rotatable bonds is 6. The Balaban J connectivity index is 1.45. The Morgan fingerprint density at radius 2 is 2.08 bits per heavy atom. The third-order valence-corrected chi connectivity index (χ3v) is 11.6. The Morgan fingerprint density at radius 3 is 2.75 bits per heavy atom. The van der Waals surface area contributed by atoms with E-state index in [4.69, 9.17) is 31.5 Å². The lowest BCUT2D eigenvalue weighted by molar-refractivity contribution is -0.207. The molecule has 5 rings (SSSR count). The molecule has 4 aliphatic rings. The van der Waals surface area contributed by atoms with Crippen LogP contribution in [0.1, 0.15) is 70.9 Å². The highest BCUT2D eigenvalue weighted by Crippen LogP contribution is 2.68. The first-order valence-electron chi connectivity index (χ1n) is 14.3. The first-order valence-corrected chi connectivity index (χ1v) is 14.7. The van der Waals surface area contributed by atoms with Gasteiger partial charge in [0.2, 0.25) is 0 Å². The molecular weight excluding hydrogens is 533 g/mol. The fraction of sp³-hybridized carbons (Fsp3) is 0.667. The first kappa shape index (κ1) is 29.6. The van der Waals surface area contributed by atoms with E-state index in [0.717, 1.165) is 24.8 Å². The van der Waals surface area contributed by atoms with Gasteiger partial charge in [-0.05, 0) is 60.1 Å². The van der Waals surface area contributed by atoms with E-state index in [-0.39, 0.29) is 52.9 Å². The summed E-state index contributed by atoms with van der Waals surface area (Å²) in [6.45, 7) is 12.3. The molecule has 40 heavy (non-hydrogen) atoms. The summed E-state index contributed by atoms with van der Waals surface area (Å²) in [6, 6.07) is 1.66. The maximum Gasteiger partial charge on any atom is 0.493 e. The van der Waals surface area contributed by atoms with Gasteiger partial charge in [-0.2, -0.15) is 0 Å². The molecule has 0 radical (unpaired) electrons.